The SMILES string of the molecule is O=C(Cc1cccs1)C1CCCC(C(F)(F)F)C1. The Morgan fingerprint density at radius 2 is 2.17 bits per heavy atom. The Morgan fingerprint density at radius 3 is 2.78 bits per heavy atom. The maximum atomic E-state index is 12.6. The number of ketones is 1. The molecule has 1 heterocycles. The predicted octanol–water partition coefficient (Wildman–Crippen LogP) is 4.23. The molecule has 0 radical (unpaired) electrons. The minimum atomic E-state index is -4.15. The van der Waals surface area contributed by atoms with Crippen LogP contribution < -0.4 is 0 Å². The largest absolute Gasteiger partial charge is 0.391 e. The molecule has 0 bridgehead atoms. The monoisotopic (exact) mass is 276 g/mol. The molecule has 1 aliphatic carbocycles. The van der Waals surface area contributed by atoms with Gasteiger partial charge in [0, 0.05) is 17.2 Å². The van der Waals surface area contributed by atoms with Crippen molar-refractivity contribution in [1.82, 2.24) is 0 Å². The number of thiophene rings is 1. The Labute approximate surface area is 108 Å². The van der Waals surface area contributed by atoms with Crippen LogP contribution in [0, 0.1) is 11.8 Å². The highest BCUT2D eigenvalue weighted by atomic mass is 32.1. The molecule has 1 saturated carbocycles. The second-order valence-corrected chi connectivity index (χ2v) is 5.86. The molecule has 1 aromatic heterocycles. The van der Waals surface area contributed by atoms with Gasteiger partial charge in [0.15, 0.2) is 0 Å². The first-order valence-electron chi connectivity index (χ1n) is 6.08. The fraction of sp³-hybridized carbons (Fsp3) is 0.615. The first-order valence-corrected chi connectivity index (χ1v) is 6.96. The van der Waals surface area contributed by atoms with Gasteiger partial charge in [-0.3, -0.25) is 4.79 Å². The second kappa shape index (κ2) is 5.43. The number of alkyl halides is 3. The molecule has 0 N–H and O–H groups in total. The van der Waals surface area contributed by atoms with E-state index in [1.54, 1.807) is 0 Å². The third-order valence-corrected chi connectivity index (χ3v) is 4.40. The minimum Gasteiger partial charge on any atom is -0.299 e. The van der Waals surface area contributed by atoms with E-state index in [2.05, 4.69) is 0 Å². The van der Waals surface area contributed by atoms with Crippen molar-refractivity contribution in [2.75, 3.05) is 0 Å². The van der Waals surface area contributed by atoms with Crippen LogP contribution in [0.1, 0.15) is 30.6 Å². The van der Waals surface area contributed by atoms with Crippen molar-refractivity contribution in [2.45, 2.75) is 38.3 Å². The van der Waals surface area contributed by atoms with Crippen molar-refractivity contribution in [3.63, 3.8) is 0 Å². The van der Waals surface area contributed by atoms with Crippen molar-refractivity contribution in [3.05, 3.63) is 22.4 Å². The molecule has 0 aromatic carbocycles. The summed E-state index contributed by atoms with van der Waals surface area (Å²) in [4.78, 5) is 12.9. The second-order valence-electron chi connectivity index (χ2n) is 4.82. The number of halogens is 3. The van der Waals surface area contributed by atoms with Gasteiger partial charge in [0.1, 0.15) is 5.78 Å². The molecular weight excluding hydrogens is 261 g/mol. The fourth-order valence-corrected chi connectivity index (χ4v) is 3.22. The van der Waals surface area contributed by atoms with Crippen LogP contribution in [-0.4, -0.2) is 12.0 Å². The summed E-state index contributed by atoms with van der Waals surface area (Å²) in [7, 11) is 0. The van der Waals surface area contributed by atoms with E-state index in [0.717, 1.165) is 4.88 Å². The number of carbonyl (C=O) groups is 1. The Bertz CT molecular complexity index is 397. The van der Waals surface area contributed by atoms with E-state index in [9.17, 15) is 18.0 Å². The molecule has 2 rings (SSSR count). The number of hydrogen-bond donors (Lipinski definition) is 0. The third-order valence-electron chi connectivity index (χ3n) is 3.52. The maximum absolute atomic E-state index is 12.6. The molecule has 1 aromatic rings. The van der Waals surface area contributed by atoms with Gasteiger partial charge in [-0.1, -0.05) is 12.5 Å². The van der Waals surface area contributed by atoms with Gasteiger partial charge in [0.25, 0.3) is 0 Å². The standard InChI is InChI=1S/C13H15F3OS/c14-13(15,16)10-4-1-3-9(7-10)12(17)8-11-5-2-6-18-11/h2,5-6,9-10H,1,3-4,7-8H2. The summed E-state index contributed by atoms with van der Waals surface area (Å²) in [5.74, 6) is -1.73. The normalized spacial score (nSPS) is 25.1. The average molecular weight is 276 g/mol. The van der Waals surface area contributed by atoms with Crippen molar-refractivity contribution >= 4 is 17.1 Å². The third kappa shape index (κ3) is 3.34. The number of hydrogen-bond acceptors (Lipinski definition) is 2. The van der Waals surface area contributed by atoms with Crippen LogP contribution in [-0.2, 0) is 11.2 Å². The van der Waals surface area contributed by atoms with Crippen LogP contribution in [0.15, 0.2) is 17.5 Å². The molecule has 0 amide bonds. The Kier molecular flexibility index (Phi) is 4.10. The Morgan fingerprint density at radius 1 is 1.39 bits per heavy atom. The highest BCUT2D eigenvalue weighted by molar-refractivity contribution is 7.10. The van der Waals surface area contributed by atoms with Gasteiger partial charge in [0.05, 0.1) is 5.92 Å². The molecule has 18 heavy (non-hydrogen) atoms. The lowest BCUT2D eigenvalue weighted by atomic mass is 9.78. The zero-order valence-corrected chi connectivity index (χ0v) is 10.7. The van der Waals surface area contributed by atoms with Crippen molar-refractivity contribution < 1.29 is 18.0 Å². The quantitative estimate of drug-likeness (QED) is 0.807. The van der Waals surface area contributed by atoms with Gasteiger partial charge in [-0.05, 0) is 30.7 Å². The highest BCUT2D eigenvalue weighted by Crippen LogP contribution is 2.40. The summed E-state index contributed by atoms with van der Waals surface area (Å²) >= 11 is 1.48. The van der Waals surface area contributed by atoms with Gasteiger partial charge >= 0.3 is 6.18 Å². The summed E-state index contributed by atoms with van der Waals surface area (Å²) < 4.78 is 37.9. The van der Waals surface area contributed by atoms with Gasteiger partial charge in [-0.2, -0.15) is 13.2 Å². The highest BCUT2D eigenvalue weighted by Gasteiger charge is 2.43. The molecule has 1 fully saturated rings. The molecule has 0 aliphatic heterocycles. The summed E-state index contributed by atoms with van der Waals surface area (Å²) in [5.41, 5.74) is 0. The van der Waals surface area contributed by atoms with E-state index in [0.29, 0.717) is 12.8 Å². The molecule has 1 aliphatic rings. The average Bonchev–Trinajstić information content (AvgIpc) is 2.81. The number of Topliss-reactive ketones (excluding diaryl/α,β-unsaturated/α-hetero) is 1. The smallest absolute Gasteiger partial charge is 0.299 e. The zero-order chi connectivity index (χ0) is 13.2. The molecular formula is C13H15F3OS. The van der Waals surface area contributed by atoms with Crippen molar-refractivity contribution in [1.29, 1.82) is 0 Å². The molecule has 1 nitrogen and oxygen atoms in total. The molecule has 100 valence electrons. The number of rotatable bonds is 3. The van der Waals surface area contributed by atoms with Crippen LogP contribution in [0.25, 0.3) is 0 Å². The lowest BCUT2D eigenvalue weighted by Crippen LogP contribution is -2.32. The first kappa shape index (κ1) is 13.6. The lowest BCUT2D eigenvalue weighted by Gasteiger charge is -2.29. The van der Waals surface area contributed by atoms with Gasteiger partial charge in [-0.15, -0.1) is 11.3 Å². The van der Waals surface area contributed by atoms with Crippen LogP contribution in [0.5, 0.6) is 0 Å². The van der Waals surface area contributed by atoms with E-state index >= 15 is 0 Å². The zero-order valence-electron chi connectivity index (χ0n) is 9.87. The van der Waals surface area contributed by atoms with E-state index in [1.165, 1.54) is 11.3 Å². The topological polar surface area (TPSA) is 17.1 Å². The molecule has 2 unspecified atom stereocenters. The number of carbonyl (C=O) groups excluding carboxylic acids is 1. The molecule has 5 heteroatoms. The van der Waals surface area contributed by atoms with Crippen LogP contribution >= 0.6 is 11.3 Å². The lowest BCUT2D eigenvalue weighted by molar-refractivity contribution is -0.186. The summed E-state index contributed by atoms with van der Waals surface area (Å²) in [6, 6.07) is 3.71. The van der Waals surface area contributed by atoms with Gasteiger partial charge < -0.3 is 0 Å². The van der Waals surface area contributed by atoms with Crippen LogP contribution in [0.4, 0.5) is 13.2 Å². The minimum absolute atomic E-state index is 0.0201. The van der Waals surface area contributed by atoms with Crippen LogP contribution in [0.3, 0.4) is 0 Å². The fourth-order valence-electron chi connectivity index (χ4n) is 2.51. The summed E-state index contributed by atoms with van der Waals surface area (Å²) in [6.45, 7) is 0. The van der Waals surface area contributed by atoms with Gasteiger partial charge in [0.2, 0.25) is 0 Å². The Hall–Kier alpha value is -0.840. The van der Waals surface area contributed by atoms with E-state index < -0.39 is 18.0 Å². The van der Waals surface area contributed by atoms with E-state index in [-0.39, 0.29) is 25.0 Å². The maximum Gasteiger partial charge on any atom is 0.391 e. The van der Waals surface area contributed by atoms with Crippen LogP contribution in [0.2, 0.25) is 0 Å². The molecule has 0 spiro atoms. The predicted molar refractivity (Wildman–Crippen MR) is 64.5 cm³/mol. The van der Waals surface area contributed by atoms with Gasteiger partial charge in [-0.25, -0.2) is 0 Å². The van der Waals surface area contributed by atoms with Crippen molar-refractivity contribution in [2.24, 2.45) is 11.8 Å². The summed E-state index contributed by atoms with van der Waals surface area (Å²) in [6.07, 6.45) is -2.60. The molecule has 2 atom stereocenters. The van der Waals surface area contributed by atoms with Crippen molar-refractivity contribution in [3.8, 4) is 0 Å². The molecule has 0 saturated heterocycles. The Balaban J connectivity index is 1.94. The summed E-state index contributed by atoms with van der Waals surface area (Å²) in [5, 5.41) is 1.88. The van der Waals surface area contributed by atoms with E-state index in [1.807, 2.05) is 17.5 Å². The van der Waals surface area contributed by atoms with E-state index in [4.69, 9.17) is 0 Å². The first-order chi connectivity index (χ1) is 8.47.